The third kappa shape index (κ3) is 3.76. The summed E-state index contributed by atoms with van der Waals surface area (Å²) in [6.07, 6.45) is 0.642. The van der Waals surface area contributed by atoms with Crippen molar-refractivity contribution in [2.24, 2.45) is 5.92 Å². The van der Waals surface area contributed by atoms with Crippen LogP contribution in [0.3, 0.4) is 0 Å². The van der Waals surface area contributed by atoms with E-state index < -0.39 is 17.9 Å². The van der Waals surface area contributed by atoms with Crippen LogP contribution in [0.5, 0.6) is 5.75 Å². The molecule has 28 heavy (non-hydrogen) atoms. The molecule has 1 aliphatic heterocycles. The van der Waals surface area contributed by atoms with Gasteiger partial charge in [0, 0.05) is 6.54 Å². The van der Waals surface area contributed by atoms with Gasteiger partial charge in [-0.05, 0) is 42.2 Å². The lowest BCUT2D eigenvalue weighted by atomic mass is 10.0. The summed E-state index contributed by atoms with van der Waals surface area (Å²) in [6.45, 7) is 4.08. The molecule has 0 bridgehead atoms. The van der Waals surface area contributed by atoms with E-state index in [9.17, 15) is 14.4 Å². The summed E-state index contributed by atoms with van der Waals surface area (Å²) in [5.41, 5.74) is 1.76. The van der Waals surface area contributed by atoms with E-state index in [2.05, 4.69) is 5.32 Å². The average Bonchev–Trinajstić information content (AvgIpc) is 2.94. The van der Waals surface area contributed by atoms with Crippen LogP contribution in [-0.2, 0) is 11.2 Å². The maximum atomic E-state index is 12.8. The highest BCUT2D eigenvalue weighted by molar-refractivity contribution is 6.22. The van der Waals surface area contributed by atoms with Crippen molar-refractivity contribution >= 4 is 17.7 Å². The molecule has 6 heteroatoms. The molecule has 0 fully saturated rings. The lowest BCUT2D eigenvalue weighted by molar-refractivity contribution is -0.126. The van der Waals surface area contributed by atoms with E-state index in [1.165, 1.54) is 0 Å². The Morgan fingerprint density at radius 2 is 1.57 bits per heavy atom. The van der Waals surface area contributed by atoms with Crippen molar-refractivity contribution in [3.63, 3.8) is 0 Å². The molecule has 6 nitrogen and oxygen atoms in total. The number of carbonyl (C=O) groups is 3. The van der Waals surface area contributed by atoms with E-state index in [0.29, 0.717) is 24.1 Å². The fourth-order valence-corrected chi connectivity index (χ4v) is 3.41. The summed E-state index contributed by atoms with van der Waals surface area (Å²) in [7, 11) is 1.61. The number of nitrogens with zero attached hydrogens (tertiary/aromatic N) is 1. The largest absolute Gasteiger partial charge is 0.497 e. The van der Waals surface area contributed by atoms with E-state index in [0.717, 1.165) is 16.2 Å². The summed E-state index contributed by atoms with van der Waals surface area (Å²) in [5.74, 6) is -0.575. The standard InChI is InChI=1S/C22H24N2O4/c1-14(2)19(24-21(26)17-6-4-5-7-18(17)22(24)27)20(25)23-13-12-15-8-10-16(28-3)11-9-15/h4-11,14,19H,12-13H2,1-3H3,(H,23,25)/t19-/m0/s1. The second-order valence-corrected chi connectivity index (χ2v) is 7.10. The number of rotatable bonds is 7. The van der Waals surface area contributed by atoms with E-state index in [1.807, 2.05) is 38.1 Å². The molecule has 146 valence electrons. The molecule has 1 N–H and O–H groups in total. The van der Waals surface area contributed by atoms with Gasteiger partial charge in [0.25, 0.3) is 11.8 Å². The van der Waals surface area contributed by atoms with Gasteiger partial charge >= 0.3 is 0 Å². The SMILES string of the molecule is COc1ccc(CCNC(=O)[C@H](C(C)C)N2C(=O)c3ccccc3C2=O)cc1. The van der Waals surface area contributed by atoms with Gasteiger partial charge in [0.05, 0.1) is 18.2 Å². The summed E-state index contributed by atoms with van der Waals surface area (Å²) < 4.78 is 5.13. The van der Waals surface area contributed by atoms with Gasteiger partial charge in [0.15, 0.2) is 0 Å². The van der Waals surface area contributed by atoms with Gasteiger partial charge in [-0.3, -0.25) is 19.3 Å². The van der Waals surface area contributed by atoms with Crippen molar-refractivity contribution in [3.8, 4) is 5.75 Å². The molecule has 2 aromatic rings. The third-order valence-electron chi connectivity index (χ3n) is 4.88. The Balaban J connectivity index is 1.68. The quantitative estimate of drug-likeness (QED) is 0.750. The number of amides is 3. The fraction of sp³-hybridized carbons (Fsp3) is 0.318. The van der Waals surface area contributed by atoms with Crippen LogP contribution < -0.4 is 10.1 Å². The maximum Gasteiger partial charge on any atom is 0.262 e. The van der Waals surface area contributed by atoms with Crippen molar-refractivity contribution < 1.29 is 19.1 Å². The zero-order valence-electron chi connectivity index (χ0n) is 16.3. The highest BCUT2D eigenvalue weighted by Crippen LogP contribution is 2.27. The minimum Gasteiger partial charge on any atom is -0.497 e. The average molecular weight is 380 g/mol. The topological polar surface area (TPSA) is 75.7 Å². The van der Waals surface area contributed by atoms with Crippen LogP contribution in [0.1, 0.15) is 40.1 Å². The van der Waals surface area contributed by atoms with E-state index >= 15 is 0 Å². The zero-order valence-corrected chi connectivity index (χ0v) is 16.3. The molecule has 0 radical (unpaired) electrons. The Labute approximate surface area is 164 Å². The van der Waals surface area contributed by atoms with Gasteiger partial charge in [-0.2, -0.15) is 0 Å². The Hall–Kier alpha value is -3.15. The van der Waals surface area contributed by atoms with Crippen molar-refractivity contribution in [2.75, 3.05) is 13.7 Å². The van der Waals surface area contributed by atoms with E-state index in [-0.39, 0.29) is 11.8 Å². The Morgan fingerprint density at radius 3 is 2.07 bits per heavy atom. The second kappa shape index (κ2) is 8.25. The van der Waals surface area contributed by atoms with Crippen LogP contribution in [0.25, 0.3) is 0 Å². The van der Waals surface area contributed by atoms with Crippen molar-refractivity contribution in [1.29, 1.82) is 0 Å². The molecule has 1 heterocycles. The van der Waals surface area contributed by atoms with Crippen molar-refractivity contribution in [1.82, 2.24) is 10.2 Å². The minimum atomic E-state index is -0.844. The third-order valence-corrected chi connectivity index (χ3v) is 4.88. The summed E-state index contributed by atoms with van der Waals surface area (Å²) in [6, 6.07) is 13.4. The van der Waals surface area contributed by atoms with Crippen LogP contribution in [0.2, 0.25) is 0 Å². The van der Waals surface area contributed by atoms with Crippen LogP contribution in [0, 0.1) is 5.92 Å². The molecule has 0 aromatic heterocycles. The van der Waals surface area contributed by atoms with Gasteiger partial charge < -0.3 is 10.1 Å². The number of fused-ring (bicyclic) bond motifs is 1. The van der Waals surface area contributed by atoms with Crippen molar-refractivity contribution in [3.05, 3.63) is 65.2 Å². The number of hydrogen-bond acceptors (Lipinski definition) is 4. The number of imide groups is 1. The fourth-order valence-electron chi connectivity index (χ4n) is 3.41. The smallest absolute Gasteiger partial charge is 0.262 e. The Bertz CT molecular complexity index is 855. The van der Waals surface area contributed by atoms with E-state index in [4.69, 9.17) is 4.74 Å². The van der Waals surface area contributed by atoms with Crippen LogP contribution in [0.15, 0.2) is 48.5 Å². The van der Waals surface area contributed by atoms with Crippen LogP contribution in [-0.4, -0.2) is 42.3 Å². The monoisotopic (exact) mass is 380 g/mol. The van der Waals surface area contributed by atoms with Gasteiger partial charge in [0.1, 0.15) is 11.8 Å². The lowest BCUT2D eigenvalue weighted by Gasteiger charge is -2.28. The first-order chi connectivity index (χ1) is 13.4. The summed E-state index contributed by atoms with van der Waals surface area (Å²) in [5, 5.41) is 2.87. The lowest BCUT2D eigenvalue weighted by Crippen LogP contribution is -2.52. The number of nitrogens with one attached hydrogen (secondary N) is 1. The van der Waals surface area contributed by atoms with E-state index in [1.54, 1.807) is 31.4 Å². The Kier molecular flexibility index (Phi) is 5.78. The Morgan fingerprint density at radius 1 is 1.00 bits per heavy atom. The molecule has 2 aromatic carbocycles. The molecular weight excluding hydrogens is 356 g/mol. The van der Waals surface area contributed by atoms with Crippen LogP contribution >= 0.6 is 0 Å². The normalized spacial score (nSPS) is 14.2. The molecular formula is C22H24N2O4. The first-order valence-electron chi connectivity index (χ1n) is 9.31. The molecule has 0 unspecified atom stereocenters. The summed E-state index contributed by atoms with van der Waals surface area (Å²) >= 11 is 0. The molecule has 0 aliphatic carbocycles. The number of carbonyl (C=O) groups excluding carboxylic acids is 3. The predicted molar refractivity (Wildman–Crippen MR) is 105 cm³/mol. The number of ether oxygens (including phenoxy) is 1. The molecule has 0 saturated carbocycles. The number of methoxy groups -OCH3 is 1. The summed E-state index contributed by atoms with van der Waals surface area (Å²) in [4.78, 5) is 39.4. The highest BCUT2D eigenvalue weighted by atomic mass is 16.5. The molecule has 1 aliphatic rings. The molecule has 3 amide bonds. The predicted octanol–water partition coefficient (Wildman–Crippen LogP) is 2.67. The van der Waals surface area contributed by atoms with Gasteiger partial charge in [-0.15, -0.1) is 0 Å². The first-order valence-corrected chi connectivity index (χ1v) is 9.31. The number of hydrogen-bond donors (Lipinski definition) is 1. The molecule has 0 saturated heterocycles. The minimum absolute atomic E-state index is 0.205. The first kappa shape index (κ1) is 19.6. The molecule has 1 atom stereocenters. The van der Waals surface area contributed by atoms with Gasteiger partial charge in [0.2, 0.25) is 5.91 Å². The van der Waals surface area contributed by atoms with Crippen molar-refractivity contribution in [2.45, 2.75) is 26.3 Å². The van der Waals surface area contributed by atoms with Crippen LogP contribution in [0.4, 0.5) is 0 Å². The maximum absolute atomic E-state index is 12.8. The highest BCUT2D eigenvalue weighted by Gasteiger charge is 2.43. The number of benzene rings is 2. The molecule has 3 rings (SSSR count). The second-order valence-electron chi connectivity index (χ2n) is 7.10. The van der Waals surface area contributed by atoms with Gasteiger partial charge in [-0.25, -0.2) is 0 Å². The van der Waals surface area contributed by atoms with Gasteiger partial charge in [-0.1, -0.05) is 38.1 Å². The zero-order chi connectivity index (χ0) is 20.3. The molecule has 0 spiro atoms.